The van der Waals surface area contributed by atoms with Crippen LogP contribution in [0, 0.1) is 29.6 Å². The van der Waals surface area contributed by atoms with E-state index in [0.29, 0.717) is 5.92 Å². The molecule has 0 bridgehead atoms. The summed E-state index contributed by atoms with van der Waals surface area (Å²) in [7, 11) is 0. The van der Waals surface area contributed by atoms with E-state index in [1.54, 1.807) is 0 Å². The lowest BCUT2D eigenvalue weighted by atomic mass is 9.77. The average Bonchev–Trinajstić information content (AvgIpc) is 3.04. The summed E-state index contributed by atoms with van der Waals surface area (Å²) in [6.07, 6.45) is 13.9. The van der Waals surface area contributed by atoms with E-state index in [-0.39, 0.29) is 30.6 Å². The highest BCUT2D eigenvalue weighted by atomic mass is 16.3. The van der Waals surface area contributed by atoms with Crippen LogP contribution in [0.4, 0.5) is 0 Å². The standard InChI is InChI=1S/C22H36O4/c23-11-5-3-1-2-4-6-18-19(22(26)14-21(18)25)9-10-20(24)17-12-15-7-8-16(15)13-17/h9-10,15-20,22-24,26H,1-8,11-14H2/b10-9+. The number of aliphatic hydroxyl groups is 3. The summed E-state index contributed by atoms with van der Waals surface area (Å²) >= 11 is 0. The molecule has 3 aliphatic carbocycles. The Morgan fingerprint density at radius 2 is 1.69 bits per heavy atom. The number of unbranched alkanes of at least 4 members (excludes halogenated alkanes) is 4. The van der Waals surface area contributed by atoms with E-state index in [1.807, 2.05) is 12.2 Å². The molecule has 4 nitrogen and oxygen atoms in total. The van der Waals surface area contributed by atoms with Crippen molar-refractivity contribution in [1.29, 1.82) is 0 Å². The van der Waals surface area contributed by atoms with Crippen LogP contribution >= 0.6 is 0 Å². The number of ketones is 1. The molecule has 0 heterocycles. The maximum Gasteiger partial charge on any atom is 0.139 e. The van der Waals surface area contributed by atoms with E-state index in [1.165, 1.54) is 12.8 Å². The Labute approximate surface area is 157 Å². The fraction of sp³-hybridized carbons (Fsp3) is 0.864. The minimum atomic E-state index is -0.593. The lowest BCUT2D eigenvalue weighted by molar-refractivity contribution is -0.121. The van der Waals surface area contributed by atoms with E-state index in [9.17, 15) is 15.0 Å². The van der Waals surface area contributed by atoms with Crippen LogP contribution in [-0.2, 0) is 4.79 Å². The Morgan fingerprint density at radius 3 is 2.35 bits per heavy atom. The van der Waals surface area contributed by atoms with Crippen molar-refractivity contribution in [2.45, 2.75) is 82.8 Å². The first-order valence-corrected chi connectivity index (χ1v) is 10.8. The predicted octanol–water partition coefficient (Wildman–Crippen LogP) is 3.24. The van der Waals surface area contributed by atoms with Gasteiger partial charge >= 0.3 is 0 Å². The first-order valence-electron chi connectivity index (χ1n) is 10.8. The third-order valence-electron chi connectivity index (χ3n) is 7.21. The average molecular weight is 365 g/mol. The van der Waals surface area contributed by atoms with Crippen molar-refractivity contribution in [1.82, 2.24) is 0 Å². The minimum absolute atomic E-state index is 0.0916. The van der Waals surface area contributed by atoms with Gasteiger partial charge in [-0.1, -0.05) is 37.8 Å². The molecule has 0 amide bonds. The van der Waals surface area contributed by atoms with Crippen molar-refractivity contribution in [2.75, 3.05) is 6.61 Å². The molecule has 0 saturated heterocycles. The molecule has 6 unspecified atom stereocenters. The summed E-state index contributed by atoms with van der Waals surface area (Å²) in [6.45, 7) is 0.255. The van der Waals surface area contributed by atoms with Crippen LogP contribution in [0.25, 0.3) is 0 Å². The van der Waals surface area contributed by atoms with Crippen LogP contribution in [0.1, 0.15) is 70.6 Å². The SMILES string of the molecule is O=C1CC(O)C(/C=C/C(O)C2CC3CCC3C2)C1CCCCCCCO. The van der Waals surface area contributed by atoms with Crippen molar-refractivity contribution in [3.63, 3.8) is 0 Å². The second-order valence-electron chi connectivity index (χ2n) is 8.91. The summed E-state index contributed by atoms with van der Waals surface area (Å²) in [5.74, 6) is 1.98. The summed E-state index contributed by atoms with van der Waals surface area (Å²) < 4.78 is 0. The monoisotopic (exact) mass is 364 g/mol. The third kappa shape index (κ3) is 4.76. The first kappa shape index (κ1) is 20.0. The van der Waals surface area contributed by atoms with Crippen LogP contribution in [0.2, 0.25) is 0 Å². The Hall–Kier alpha value is -0.710. The molecule has 0 spiro atoms. The highest BCUT2D eigenvalue weighted by Gasteiger charge is 2.43. The second-order valence-corrected chi connectivity index (χ2v) is 8.91. The summed E-state index contributed by atoms with van der Waals surface area (Å²) in [5, 5.41) is 29.6. The van der Waals surface area contributed by atoms with E-state index in [4.69, 9.17) is 5.11 Å². The predicted molar refractivity (Wildman–Crippen MR) is 101 cm³/mol. The maximum atomic E-state index is 12.3. The molecule has 0 radical (unpaired) electrons. The highest BCUT2D eigenvalue weighted by Crippen LogP contribution is 2.50. The fourth-order valence-electron chi connectivity index (χ4n) is 5.41. The third-order valence-corrected chi connectivity index (χ3v) is 7.21. The van der Waals surface area contributed by atoms with Crippen molar-refractivity contribution >= 4 is 5.78 Å². The molecule has 0 aromatic heterocycles. The number of rotatable bonds is 10. The van der Waals surface area contributed by atoms with Crippen molar-refractivity contribution in [2.24, 2.45) is 29.6 Å². The number of fused-ring (bicyclic) bond motifs is 1. The van der Waals surface area contributed by atoms with E-state index in [0.717, 1.165) is 63.2 Å². The van der Waals surface area contributed by atoms with Gasteiger partial charge in [0.15, 0.2) is 0 Å². The van der Waals surface area contributed by atoms with Gasteiger partial charge in [0, 0.05) is 24.9 Å². The molecule has 3 fully saturated rings. The minimum Gasteiger partial charge on any atom is -0.396 e. The molecular weight excluding hydrogens is 328 g/mol. The van der Waals surface area contributed by atoms with Gasteiger partial charge in [0.25, 0.3) is 0 Å². The normalized spacial score (nSPS) is 37.9. The Bertz CT molecular complexity index is 477. The van der Waals surface area contributed by atoms with Crippen LogP contribution in [0.3, 0.4) is 0 Å². The van der Waals surface area contributed by atoms with Crippen molar-refractivity contribution in [3.05, 3.63) is 12.2 Å². The molecule has 0 aliphatic heterocycles. The number of carbonyl (C=O) groups excluding carboxylic acids is 1. The molecule has 3 rings (SSSR count). The lowest BCUT2D eigenvalue weighted by Gasteiger charge is -2.29. The number of carbonyl (C=O) groups is 1. The van der Waals surface area contributed by atoms with Crippen molar-refractivity contribution in [3.8, 4) is 0 Å². The zero-order chi connectivity index (χ0) is 18.5. The maximum absolute atomic E-state index is 12.3. The Balaban J connectivity index is 1.46. The van der Waals surface area contributed by atoms with Crippen LogP contribution < -0.4 is 0 Å². The molecule has 26 heavy (non-hydrogen) atoms. The van der Waals surface area contributed by atoms with Crippen LogP contribution in [0.5, 0.6) is 0 Å². The quantitative estimate of drug-likeness (QED) is 0.411. The van der Waals surface area contributed by atoms with Crippen molar-refractivity contribution < 1.29 is 20.1 Å². The van der Waals surface area contributed by atoms with E-state index >= 15 is 0 Å². The molecular formula is C22H36O4. The number of hydrogen-bond donors (Lipinski definition) is 3. The van der Waals surface area contributed by atoms with Crippen LogP contribution in [-0.4, -0.2) is 39.9 Å². The molecule has 148 valence electrons. The zero-order valence-corrected chi connectivity index (χ0v) is 15.9. The van der Waals surface area contributed by atoms with E-state index in [2.05, 4.69) is 0 Å². The fourth-order valence-corrected chi connectivity index (χ4v) is 5.41. The molecule has 6 atom stereocenters. The molecule has 3 saturated carbocycles. The van der Waals surface area contributed by atoms with Gasteiger partial charge < -0.3 is 15.3 Å². The van der Waals surface area contributed by atoms with Gasteiger partial charge in [-0.25, -0.2) is 0 Å². The molecule has 0 aromatic rings. The Kier molecular flexibility index (Phi) is 7.30. The van der Waals surface area contributed by atoms with E-state index < -0.39 is 12.2 Å². The summed E-state index contributed by atoms with van der Waals surface area (Å²) in [6, 6.07) is 0. The van der Waals surface area contributed by atoms with Gasteiger partial charge in [0.05, 0.1) is 12.2 Å². The number of Topliss-reactive ketones (excluding diaryl/α,β-unsaturated/α-hetero) is 1. The molecule has 3 aliphatic rings. The van der Waals surface area contributed by atoms with Gasteiger partial charge in [0.2, 0.25) is 0 Å². The zero-order valence-electron chi connectivity index (χ0n) is 15.9. The molecule has 0 aromatic carbocycles. The van der Waals surface area contributed by atoms with Gasteiger partial charge in [-0.2, -0.15) is 0 Å². The highest BCUT2D eigenvalue weighted by molar-refractivity contribution is 5.84. The number of aliphatic hydroxyl groups excluding tert-OH is 3. The first-order chi connectivity index (χ1) is 12.6. The summed E-state index contributed by atoms with van der Waals surface area (Å²) in [5.41, 5.74) is 0. The molecule has 4 heteroatoms. The van der Waals surface area contributed by atoms with Gasteiger partial charge in [-0.3, -0.25) is 4.79 Å². The topological polar surface area (TPSA) is 77.8 Å². The van der Waals surface area contributed by atoms with Gasteiger partial charge in [0.1, 0.15) is 5.78 Å². The van der Waals surface area contributed by atoms with Gasteiger partial charge in [-0.15, -0.1) is 0 Å². The largest absolute Gasteiger partial charge is 0.396 e. The molecule has 3 N–H and O–H groups in total. The summed E-state index contributed by atoms with van der Waals surface area (Å²) in [4.78, 5) is 12.3. The Morgan fingerprint density at radius 1 is 1.04 bits per heavy atom. The second kappa shape index (κ2) is 9.48. The van der Waals surface area contributed by atoms with Crippen LogP contribution in [0.15, 0.2) is 12.2 Å². The number of hydrogen-bond acceptors (Lipinski definition) is 4. The lowest BCUT2D eigenvalue weighted by Crippen LogP contribution is -2.21. The van der Waals surface area contributed by atoms with Gasteiger partial charge in [-0.05, 0) is 56.3 Å². The smallest absolute Gasteiger partial charge is 0.139 e.